The second kappa shape index (κ2) is 12.2. The normalized spacial score (nSPS) is 10.4. The SMILES string of the molecule is NC=O.O=C(NCc1cccnc1)N(CCO)c1ccc(S(=O)(=O)c2ccccc2)cc1. The molecule has 0 aliphatic carbocycles. The van der Waals surface area contributed by atoms with Crippen molar-refractivity contribution in [1.82, 2.24) is 10.3 Å². The molecule has 1 heterocycles. The number of carbonyl (C=O) groups excluding carboxylic acids is 2. The number of pyridine rings is 1. The minimum absolute atomic E-state index is 0.0731. The van der Waals surface area contributed by atoms with Crippen LogP contribution in [0.5, 0.6) is 0 Å². The number of carbonyl (C=O) groups is 2. The van der Waals surface area contributed by atoms with Crippen molar-refractivity contribution in [2.45, 2.75) is 16.3 Å². The van der Waals surface area contributed by atoms with E-state index in [1.165, 1.54) is 29.2 Å². The van der Waals surface area contributed by atoms with Crippen molar-refractivity contribution in [3.63, 3.8) is 0 Å². The number of amides is 3. The van der Waals surface area contributed by atoms with E-state index >= 15 is 0 Å². The molecule has 4 N–H and O–H groups in total. The zero-order valence-corrected chi connectivity index (χ0v) is 18.0. The topological polar surface area (TPSA) is 143 Å². The largest absolute Gasteiger partial charge is 0.395 e. The maximum atomic E-state index is 12.7. The van der Waals surface area contributed by atoms with Crippen molar-refractivity contribution in [2.24, 2.45) is 5.73 Å². The van der Waals surface area contributed by atoms with Gasteiger partial charge in [0.25, 0.3) is 0 Å². The molecule has 1 aromatic heterocycles. The number of aliphatic hydroxyl groups excluding tert-OH is 1. The van der Waals surface area contributed by atoms with Gasteiger partial charge in [0.2, 0.25) is 16.2 Å². The minimum atomic E-state index is -3.64. The van der Waals surface area contributed by atoms with E-state index in [1.54, 1.807) is 48.8 Å². The molecule has 2 aromatic carbocycles. The number of rotatable bonds is 7. The molecule has 9 nitrogen and oxygen atoms in total. The summed E-state index contributed by atoms with van der Waals surface area (Å²) < 4.78 is 25.4. The summed E-state index contributed by atoms with van der Waals surface area (Å²) in [5, 5.41) is 12.1. The third-order valence-corrected chi connectivity index (χ3v) is 6.03. The lowest BCUT2D eigenvalue weighted by atomic mass is 10.3. The first-order valence-corrected chi connectivity index (χ1v) is 11.0. The number of primary amides is 1. The zero-order valence-electron chi connectivity index (χ0n) is 17.2. The van der Waals surface area contributed by atoms with Gasteiger partial charge in [0.15, 0.2) is 0 Å². The molecule has 0 spiro atoms. The Morgan fingerprint density at radius 1 is 1.03 bits per heavy atom. The van der Waals surface area contributed by atoms with Gasteiger partial charge in [-0.1, -0.05) is 24.3 Å². The quantitative estimate of drug-likeness (QED) is 0.462. The highest BCUT2D eigenvalue weighted by Crippen LogP contribution is 2.23. The van der Waals surface area contributed by atoms with Crippen molar-refractivity contribution in [1.29, 1.82) is 0 Å². The van der Waals surface area contributed by atoms with Crippen molar-refractivity contribution in [2.75, 3.05) is 18.1 Å². The predicted octanol–water partition coefficient (Wildman–Crippen LogP) is 1.72. The Morgan fingerprint density at radius 3 is 2.22 bits per heavy atom. The van der Waals surface area contributed by atoms with Crippen LogP contribution in [0.3, 0.4) is 0 Å². The molecule has 0 radical (unpaired) electrons. The molecular formula is C22H24N4O5S. The number of benzene rings is 2. The summed E-state index contributed by atoms with van der Waals surface area (Å²) in [7, 11) is -3.64. The van der Waals surface area contributed by atoms with Crippen LogP contribution in [0.4, 0.5) is 10.5 Å². The number of aliphatic hydroxyl groups is 1. The fraction of sp³-hybridized carbons (Fsp3) is 0.136. The Balaban J connectivity index is 0.00000114. The molecule has 0 saturated heterocycles. The maximum absolute atomic E-state index is 12.7. The second-order valence-corrected chi connectivity index (χ2v) is 8.29. The van der Waals surface area contributed by atoms with Gasteiger partial charge in [0.1, 0.15) is 0 Å². The van der Waals surface area contributed by atoms with Crippen LogP contribution >= 0.6 is 0 Å². The van der Waals surface area contributed by atoms with Gasteiger partial charge in [-0.3, -0.25) is 14.7 Å². The van der Waals surface area contributed by atoms with Gasteiger partial charge in [-0.25, -0.2) is 13.2 Å². The van der Waals surface area contributed by atoms with Crippen LogP contribution in [-0.2, 0) is 21.2 Å². The monoisotopic (exact) mass is 456 g/mol. The molecule has 0 saturated carbocycles. The Hall–Kier alpha value is -3.76. The van der Waals surface area contributed by atoms with Crippen LogP contribution in [0.15, 0.2) is 88.9 Å². The highest BCUT2D eigenvalue weighted by atomic mass is 32.2. The third-order valence-electron chi connectivity index (χ3n) is 4.25. The van der Waals surface area contributed by atoms with E-state index in [1.807, 2.05) is 6.07 Å². The number of anilines is 1. The van der Waals surface area contributed by atoms with Gasteiger partial charge in [-0.15, -0.1) is 0 Å². The number of urea groups is 1. The van der Waals surface area contributed by atoms with E-state index in [4.69, 9.17) is 4.79 Å². The molecule has 168 valence electrons. The van der Waals surface area contributed by atoms with Crippen molar-refractivity contribution >= 4 is 28.0 Å². The van der Waals surface area contributed by atoms with Crippen molar-refractivity contribution in [3.05, 3.63) is 84.7 Å². The highest BCUT2D eigenvalue weighted by Gasteiger charge is 2.19. The lowest BCUT2D eigenvalue weighted by Gasteiger charge is -2.22. The second-order valence-electron chi connectivity index (χ2n) is 6.34. The summed E-state index contributed by atoms with van der Waals surface area (Å²) in [6, 6.07) is 17.4. The molecule has 0 aliphatic rings. The third kappa shape index (κ3) is 6.62. The number of sulfone groups is 1. The van der Waals surface area contributed by atoms with Crippen LogP contribution in [0.1, 0.15) is 5.56 Å². The lowest BCUT2D eigenvalue weighted by Crippen LogP contribution is -2.41. The van der Waals surface area contributed by atoms with Crippen LogP contribution in [0.25, 0.3) is 0 Å². The van der Waals surface area contributed by atoms with E-state index in [0.29, 0.717) is 5.69 Å². The van der Waals surface area contributed by atoms with Crippen LogP contribution < -0.4 is 16.0 Å². The summed E-state index contributed by atoms with van der Waals surface area (Å²) in [5.74, 6) is 0. The van der Waals surface area contributed by atoms with Crippen molar-refractivity contribution < 1.29 is 23.1 Å². The minimum Gasteiger partial charge on any atom is -0.395 e. The van der Waals surface area contributed by atoms with Crippen LogP contribution in [-0.4, -0.2) is 44.1 Å². The average Bonchev–Trinajstić information content (AvgIpc) is 2.83. The van der Waals surface area contributed by atoms with Crippen LogP contribution in [0, 0.1) is 0 Å². The molecule has 0 fully saturated rings. The summed E-state index contributed by atoms with van der Waals surface area (Å²) in [6.07, 6.45) is 3.55. The molecule has 0 aliphatic heterocycles. The standard InChI is InChI=1S/C21H21N3O4S.CH3NO/c25-14-13-24(21(26)23-16-17-5-4-12-22-15-17)18-8-10-20(11-9-18)29(27,28)19-6-2-1-3-7-19;2-1-3/h1-12,15,25H,13-14,16H2,(H,23,26);1H,(H2,2,3). The van der Waals surface area contributed by atoms with E-state index in [2.05, 4.69) is 16.0 Å². The number of nitrogens with one attached hydrogen (secondary N) is 1. The lowest BCUT2D eigenvalue weighted by molar-refractivity contribution is -0.106. The molecule has 3 aromatic rings. The predicted molar refractivity (Wildman–Crippen MR) is 119 cm³/mol. The maximum Gasteiger partial charge on any atom is 0.322 e. The molecular weight excluding hydrogens is 432 g/mol. The van der Waals surface area contributed by atoms with E-state index in [9.17, 15) is 18.3 Å². The number of hydrogen-bond donors (Lipinski definition) is 3. The number of hydrogen-bond acceptors (Lipinski definition) is 6. The molecule has 10 heteroatoms. The molecule has 32 heavy (non-hydrogen) atoms. The molecule has 0 atom stereocenters. The van der Waals surface area contributed by atoms with Gasteiger partial charge in [-0.2, -0.15) is 0 Å². The van der Waals surface area contributed by atoms with Gasteiger partial charge in [0, 0.05) is 24.6 Å². The van der Waals surface area contributed by atoms with Gasteiger partial charge in [-0.05, 0) is 48.0 Å². The number of nitrogens with zero attached hydrogens (tertiary/aromatic N) is 2. The van der Waals surface area contributed by atoms with Gasteiger partial charge >= 0.3 is 6.03 Å². The Kier molecular flexibility index (Phi) is 9.33. The zero-order chi connectivity index (χ0) is 23.4. The molecule has 3 rings (SSSR count). The summed E-state index contributed by atoms with van der Waals surface area (Å²) in [6.45, 7) is 0.128. The van der Waals surface area contributed by atoms with Gasteiger partial charge in [0.05, 0.1) is 22.9 Å². The fourth-order valence-corrected chi connectivity index (χ4v) is 4.05. The summed E-state index contributed by atoms with van der Waals surface area (Å²) in [5.41, 5.74) is 5.49. The smallest absolute Gasteiger partial charge is 0.322 e. The van der Waals surface area contributed by atoms with Crippen LogP contribution in [0.2, 0.25) is 0 Å². The van der Waals surface area contributed by atoms with E-state index in [-0.39, 0.29) is 35.9 Å². The fourth-order valence-electron chi connectivity index (χ4n) is 2.76. The molecule has 3 amide bonds. The Bertz CT molecular complexity index is 1090. The molecule has 0 bridgehead atoms. The Labute approximate surface area is 186 Å². The van der Waals surface area contributed by atoms with E-state index in [0.717, 1.165) is 5.56 Å². The van der Waals surface area contributed by atoms with Gasteiger partial charge < -0.3 is 16.2 Å². The number of nitrogens with two attached hydrogens (primary N) is 1. The Morgan fingerprint density at radius 2 is 1.66 bits per heavy atom. The molecule has 0 unspecified atom stereocenters. The average molecular weight is 457 g/mol. The highest BCUT2D eigenvalue weighted by molar-refractivity contribution is 7.91. The first-order valence-electron chi connectivity index (χ1n) is 9.54. The van der Waals surface area contributed by atoms with E-state index < -0.39 is 15.9 Å². The first kappa shape index (κ1) is 24.5. The first-order chi connectivity index (χ1) is 15.4. The number of aromatic nitrogens is 1. The summed E-state index contributed by atoms with van der Waals surface area (Å²) in [4.78, 5) is 26.8. The van der Waals surface area contributed by atoms with Crippen molar-refractivity contribution in [3.8, 4) is 0 Å². The summed E-state index contributed by atoms with van der Waals surface area (Å²) >= 11 is 0.